The van der Waals surface area contributed by atoms with Gasteiger partial charge in [-0.2, -0.15) is 4.31 Å². The van der Waals surface area contributed by atoms with Gasteiger partial charge in [-0.3, -0.25) is 0 Å². The molecule has 0 radical (unpaired) electrons. The first-order chi connectivity index (χ1) is 7.76. The summed E-state index contributed by atoms with van der Waals surface area (Å²) in [7, 11) is -3.65. The fourth-order valence-corrected chi connectivity index (χ4v) is 4.01. The Labute approximate surface area is 112 Å². The summed E-state index contributed by atoms with van der Waals surface area (Å²) >= 11 is 11.7. The zero-order chi connectivity index (χ0) is 13.2. The highest BCUT2D eigenvalue weighted by Crippen LogP contribution is 2.24. The van der Waals surface area contributed by atoms with Gasteiger partial charge in [0.25, 0.3) is 0 Å². The first-order valence-electron chi connectivity index (χ1n) is 5.15. The van der Waals surface area contributed by atoms with Gasteiger partial charge in [0.05, 0.1) is 15.9 Å². The SMILES string of the molecule is Cc1ccc(S(=O)(=O)N(C(C)Cl)C(C)Cl)cc1. The zero-order valence-electron chi connectivity index (χ0n) is 9.89. The molecule has 0 amide bonds. The summed E-state index contributed by atoms with van der Waals surface area (Å²) in [5.41, 5.74) is -0.407. The van der Waals surface area contributed by atoms with Gasteiger partial charge in [-0.1, -0.05) is 17.7 Å². The Hall–Kier alpha value is -0.290. The molecule has 0 saturated carbocycles. The van der Waals surface area contributed by atoms with Crippen molar-refractivity contribution in [1.29, 1.82) is 0 Å². The molecular weight excluding hydrogens is 281 g/mol. The third-order valence-electron chi connectivity index (χ3n) is 2.30. The number of nitrogens with zero attached hydrogens (tertiary/aromatic N) is 1. The molecule has 0 saturated heterocycles. The first-order valence-corrected chi connectivity index (χ1v) is 7.46. The van der Waals surface area contributed by atoms with E-state index >= 15 is 0 Å². The molecule has 1 aromatic carbocycles. The Morgan fingerprint density at radius 2 is 1.47 bits per heavy atom. The van der Waals surface area contributed by atoms with E-state index in [9.17, 15) is 8.42 Å². The molecule has 0 aromatic heterocycles. The molecule has 0 fully saturated rings. The van der Waals surface area contributed by atoms with E-state index in [2.05, 4.69) is 0 Å². The Balaban J connectivity index is 3.21. The normalized spacial score (nSPS) is 15.9. The molecule has 0 bridgehead atoms. The van der Waals surface area contributed by atoms with Gasteiger partial charge in [-0.15, -0.1) is 23.2 Å². The summed E-state index contributed by atoms with van der Waals surface area (Å²) in [6.45, 7) is 5.04. The molecule has 17 heavy (non-hydrogen) atoms. The lowest BCUT2D eigenvalue weighted by Gasteiger charge is -2.26. The molecule has 2 unspecified atom stereocenters. The van der Waals surface area contributed by atoms with Crippen molar-refractivity contribution in [1.82, 2.24) is 4.31 Å². The monoisotopic (exact) mass is 295 g/mol. The van der Waals surface area contributed by atoms with E-state index < -0.39 is 21.0 Å². The molecule has 0 aliphatic carbocycles. The number of aryl methyl sites for hydroxylation is 1. The van der Waals surface area contributed by atoms with Gasteiger partial charge in [-0.25, -0.2) is 8.42 Å². The van der Waals surface area contributed by atoms with Gasteiger partial charge in [0.1, 0.15) is 0 Å². The predicted molar refractivity (Wildman–Crippen MR) is 70.8 cm³/mol. The highest BCUT2D eigenvalue weighted by molar-refractivity contribution is 7.89. The van der Waals surface area contributed by atoms with Crippen LogP contribution in [-0.2, 0) is 10.0 Å². The lowest BCUT2D eigenvalue weighted by molar-refractivity contribution is 0.392. The summed E-state index contributed by atoms with van der Waals surface area (Å²) in [6.07, 6.45) is 0. The second-order valence-corrected chi connectivity index (χ2v) is 6.90. The van der Waals surface area contributed by atoms with E-state index in [1.807, 2.05) is 6.92 Å². The molecule has 0 heterocycles. The van der Waals surface area contributed by atoms with Gasteiger partial charge < -0.3 is 0 Å². The minimum atomic E-state index is -3.65. The number of rotatable bonds is 4. The summed E-state index contributed by atoms with van der Waals surface area (Å²) in [6, 6.07) is 6.58. The lowest BCUT2D eigenvalue weighted by atomic mass is 10.2. The maximum absolute atomic E-state index is 12.3. The van der Waals surface area contributed by atoms with Crippen LogP contribution in [-0.4, -0.2) is 23.7 Å². The molecule has 0 aliphatic rings. The summed E-state index contributed by atoms with van der Waals surface area (Å²) in [4.78, 5) is 0.197. The Kier molecular flexibility index (Phi) is 4.84. The van der Waals surface area contributed by atoms with E-state index in [0.717, 1.165) is 9.87 Å². The summed E-state index contributed by atoms with van der Waals surface area (Å²) < 4.78 is 25.6. The largest absolute Gasteiger partial charge is 0.245 e. The van der Waals surface area contributed by atoms with Gasteiger partial charge in [0.15, 0.2) is 0 Å². The molecule has 1 rings (SSSR count). The standard InChI is InChI=1S/C11H15Cl2NO2S/c1-8-4-6-11(7-5-8)17(15,16)14(9(2)12)10(3)13/h4-7,9-10H,1-3H3. The molecule has 0 aliphatic heterocycles. The minimum Gasteiger partial charge on any atom is -0.207 e. The quantitative estimate of drug-likeness (QED) is 0.632. The van der Waals surface area contributed by atoms with E-state index in [1.54, 1.807) is 38.1 Å². The van der Waals surface area contributed by atoms with Crippen molar-refractivity contribution >= 4 is 33.2 Å². The molecule has 0 spiro atoms. The number of halogens is 2. The molecule has 0 N–H and O–H groups in total. The van der Waals surface area contributed by atoms with Crippen molar-refractivity contribution in [2.45, 2.75) is 36.7 Å². The van der Waals surface area contributed by atoms with Crippen molar-refractivity contribution in [2.75, 3.05) is 0 Å². The van der Waals surface area contributed by atoms with Crippen LogP contribution in [0.4, 0.5) is 0 Å². The number of hydrogen-bond acceptors (Lipinski definition) is 2. The molecular formula is C11H15Cl2NO2S. The molecule has 2 atom stereocenters. The smallest absolute Gasteiger partial charge is 0.207 e. The van der Waals surface area contributed by atoms with E-state index in [0.29, 0.717) is 0 Å². The molecule has 1 aromatic rings. The predicted octanol–water partition coefficient (Wildman–Crippen LogP) is 3.16. The summed E-state index contributed by atoms with van der Waals surface area (Å²) in [5.74, 6) is 0. The van der Waals surface area contributed by atoms with E-state index in [4.69, 9.17) is 23.2 Å². The fourth-order valence-electron chi connectivity index (χ4n) is 1.50. The zero-order valence-corrected chi connectivity index (χ0v) is 12.2. The van der Waals surface area contributed by atoms with Crippen LogP contribution in [0.15, 0.2) is 29.2 Å². The van der Waals surface area contributed by atoms with Crippen molar-refractivity contribution < 1.29 is 8.42 Å². The van der Waals surface area contributed by atoms with Crippen LogP contribution in [0.25, 0.3) is 0 Å². The fraction of sp³-hybridized carbons (Fsp3) is 0.455. The second kappa shape index (κ2) is 5.57. The van der Waals surface area contributed by atoms with Gasteiger partial charge >= 0.3 is 0 Å². The van der Waals surface area contributed by atoms with Crippen molar-refractivity contribution in [3.8, 4) is 0 Å². The van der Waals surface area contributed by atoms with Crippen molar-refractivity contribution in [3.05, 3.63) is 29.8 Å². The average molecular weight is 296 g/mol. The topological polar surface area (TPSA) is 37.4 Å². The number of alkyl halides is 2. The van der Waals surface area contributed by atoms with Crippen molar-refractivity contribution in [3.63, 3.8) is 0 Å². The third-order valence-corrected chi connectivity index (χ3v) is 5.01. The van der Waals surface area contributed by atoms with Crippen LogP contribution in [0.2, 0.25) is 0 Å². The van der Waals surface area contributed by atoms with Crippen LogP contribution in [0.3, 0.4) is 0 Å². The lowest BCUT2D eigenvalue weighted by Crippen LogP contribution is -2.39. The number of sulfonamides is 1. The van der Waals surface area contributed by atoms with Crippen LogP contribution in [0, 0.1) is 6.92 Å². The van der Waals surface area contributed by atoms with Gasteiger partial charge in [0, 0.05) is 0 Å². The highest BCUT2D eigenvalue weighted by atomic mass is 35.5. The molecule has 3 nitrogen and oxygen atoms in total. The number of hydrogen-bond donors (Lipinski definition) is 0. The minimum absolute atomic E-state index is 0.197. The maximum atomic E-state index is 12.3. The van der Waals surface area contributed by atoms with Crippen molar-refractivity contribution in [2.24, 2.45) is 0 Å². The first kappa shape index (κ1) is 14.8. The summed E-state index contributed by atoms with van der Waals surface area (Å²) in [5, 5.41) is 0. The van der Waals surface area contributed by atoms with Gasteiger partial charge in [-0.05, 0) is 32.9 Å². The third kappa shape index (κ3) is 3.35. The average Bonchev–Trinajstić information content (AvgIpc) is 2.16. The second-order valence-electron chi connectivity index (χ2n) is 3.80. The Bertz CT molecular complexity index is 461. The van der Waals surface area contributed by atoms with E-state index in [-0.39, 0.29) is 4.90 Å². The van der Waals surface area contributed by atoms with E-state index in [1.165, 1.54) is 0 Å². The highest BCUT2D eigenvalue weighted by Gasteiger charge is 2.31. The van der Waals surface area contributed by atoms with Gasteiger partial charge in [0.2, 0.25) is 10.0 Å². The molecule has 96 valence electrons. The van der Waals surface area contributed by atoms with Crippen LogP contribution >= 0.6 is 23.2 Å². The van der Waals surface area contributed by atoms with Crippen LogP contribution in [0.1, 0.15) is 19.4 Å². The Morgan fingerprint density at radius 3 is 1.82 bits per heavy atom. The number of benzene rings is 1. The Morgan fingerprint density at radius 1 is 1.06 bits per heavy atom. The molecule has 6 heteroatoms. The maximum Gasteiger partial charge on any atom is 0.245 e. The van der Waals surface area contributed by atoms with Crippen LogP contribution < -0.4 is 0 Å². The van der Waals surface area contributed by atoms with Crippen LogP contribution in [0.5, 0.6) is 0 Å².